The van der Waals surface area contributed by atoms with Gasteiger partial charge >= 0.3 is 0 Å². The van der Waals surface area contributed by atoms with E-state index >= 15 is 0 Å². The number of benzene rings is 1. The van der Waals surface area contributed by atoms with E-state index in [0.29, 0.717) is 16.0 Å². The number of halogens is 3. The van der Waals surface area contributed by atoms with Crippen LogP contribution in [0.1, 0.15) is 12.6 Å². The second kappa shape index (κ2) is 5.34. The second-order valence-corrected chi connectivity index (χ2v) is 5.19. The molecule has 0 aliphatic heterocycles. The summed E-state index contributed by atoms with van der Waals surface area (Å²) in [4.78, 5) is 8.63. The van der Waals surface area contributed by atoms with Crippen LogP contribution in [-0.2, 0) is 6.42 Å². The topological polar surface area (TPSA) is 25.8 Å². The number of aryl methyl sites for hydroxylation is 1. The smallest absolute Gasteiger partial charge is 0.162 e. The molecule has 2 rings (SSSR count). The molecular formula is C12H9BrCl2N2. The molecule has 0 N–H and O–H groups in total. The van der Waals surface area contributed by atoms with Crippen molar-refractivity contribution in [1.82, 2.24) is 9.97 Å². The Morgan fingerprint density at radius 1 is 1.18 bits per heavy atom. The molecule has 1 aromatic carbocycles. The number of nitrogens with zero attached hydrogens (tertiary/aromatic N) is 2. The van der Waals surface area contributed by atoms with Gasteiger partial charge in [-0.1, -0.05) is 46.1 Å². The van der Waals surface area contributed by atoms with Gasteiger partial charge in [0.2, 0.25) is 0 Å². The van der Waals surface area contributed by atoms with Crippen molar-refractivity contribution in [2.24, 2.45) is 0 Å². The Kier molecular flexibility index (Phi) is 4.02. The van der Waals surface area contributed by atoms with Crippen molar-refractivity contribution in [1.29, 1.82) is 0 Å². The van der Waals surface area contributed by atoms with Gasteiger partial charge < -0.3 is 0 Å². The van der Waals surface area contributed by atoms with Crippen molar-refractivity contribution in [2.75, 3.05) is 0 Å². The first-order valence-electron chi connectivity index (χ1n) is 5.09. The summed E-state index contributed by atoms with van der Waals surface area (Å²) in [5, 5.41) is 1.04. The van der Waals surface area contributed by atoms with Crippen molar-refractivity contribution in [3.8, 4) is 11.4 Å². The molecule has 0 unspecified atom stereocenters. The van der Waals surface area contributed by atoms with Crippen LogP contribution < -0.4 is 0 Å². The summed E-state index contributed by atoms with van der Waals surface area (Å²) in [5.74, 6) is 0.556. The van der Waals surface area contributed by atoms with E-state index in [1.165, 1.54) is 0 Å². The first kappa shape index (κ1) is 12.8. The summed E-state index contributed by atoms with van der Waals surface area (Å²) in [6, 6.07) is 7.32. The fraction of sp³-hybridized carbons (Fsp3) is 0.167. The third kappa shape index (κ3) is 2.97. The second-order valence-electron chi connectivity index (χ2n) is 3.48. The highest BCUT2D eigenvalue weighted by Crippen LogP contribution is 2.29. The molecule has 0 saturated heterocycles. The van der Waals surface area contributed by atoms with Crippen LogP contribution in [0.5, 0.6) is 0 Å². The minimum atomic E-state index is 0.433. The lowest BCUT2D eigenvalue weighted by Crippen LogP contribution is -1.95. The van der Waals surface area contributed by atoms with Gasteiger partial charge in [0.25, 0.3) is 0 Å². The van der Waals surface area contributed by atoms with E-state index in [1.807, 2.05) is 19.1 Å². The zero-order valence-corrected chi connectivity index (χ0v) is 12.1. The van der Waals surface area contributed by atoms with E-state index in [1.54, 1.807) is 12.1 Å². The normalized spacial score (nSPS) is 10.6. The lowest BCUT2D eigenvalue weighted by molar-refractivity contribution is 1.01. The molecule has 2 nitrogen and oxygen atoms in total. The summed E-state index contributed by atoms with van der Waals surface area (Å²) < 4.78 is 0.929. The zero-order valence-electron chi connectivity index (χ0n) is 9.04. The number of aromatic nitrogens is 2. The average molecular weight is 332 g/mol. The lowest BCUT2D eigenvalue weighted by Gasteiger charge is -2.06. The van der Waals surface area contributed by atoms with Crippen molar-refractivity contribution in [2.45, 2.75) is 13.3 Å². The van der Waals surface area contributed by atoms with Gasteiger partial charge in [-0.15, -0.1) is 0 Å². The number of hydrogen-bond acceptors (Lipinski definition) is 2. The minimum absolute atomic E-state index is 0.433. The molecule has 0 fully saturated rings. The fourth-order valence-corrected chi connectivity index (χ4v) is 2.20. The summed E-state index contributed by atoms with van der Waals surface area (Å²) >= 11 is 15.5. The highest BCUT2D eigenvalue weighted by Gasteiger charge is 2.09. The number of hydrogen-bond donors (Lipinski definition) is 0. The van der Waals surface area contributed by atoms with Crippen LogP contribution in [-0.4, -0.2) is 9.97 Å². The predicted molar refractivity (Wildman–Crippen MR) is 74.6 cm³/mol. The van der Waals surface area contributed by atoms with Crippen LogP contribution in [0.15, 0.2) is 28.7 Å². The molecule has 0 amide bonds. The summed E-state index contributed by atoms with van der Waals surface area (Å²) in [7, 11) is 0. The maximum Gasteiger partial charge on any atom is 0.162 e. The lowest BCUT2D eigenvalue weighted by atomic mass is 10.2. The molecule has 0 spiro atoms. The molecule has 0 aliphatic carbocycles. The standard InChI is InChI=1S/C12H9BrCl2N2/c1-2-8-6-11(15)17-12(16-8)9-5-7(13)3-4-10(9)14/h3-6H,2H2,1H3. The van der Waals surface area contributed by atoms with E-state index in [4.69, 9.17) is 23.2 Å². The van der Waals surface area contributed by atoms with Gasteiger partial charge in [0.05, 0.1) is 5.02 Å². The summed E-state index contributed by atoms with van der Waals surface area (Å²) in [6.45, 7) is 2.02. The Balaban J connectivity index is 2.59. The molecule has 0 radical (unpaired) electrons. The molecule has 5 heteroatoms. The van der Waals surface area contributed by atoms with Crippen LogP contribution in [0.3, 0.4) is 0 Å². The van der Waals surface area contributed by atoms with Crippen LogP contribution in [0, 0.1) is 0 Å². The van der Waals surface area contributed by atoms with E-state index in [2.05, 4.69) is 25.9 Å². The molecule has 0 aliphatic rings. The third-order valence-electron chi connectivity index (χ3n) is 2.28. The molecular weight excluding hydrogens is 323 g/mol. The molecule has 2 aromatic rings. The zero-order chi connectivity index (χ0) is 12.4. The maximum atomic E-state index is 6.13. The van der Waals surface area contributed by atoms with Gasteiger partial charge in [0.15, 0.2) is 5.82 Å². The highest BCUT2D eigenvalue weighted by atomic mass is 79.9. The van der Waals surface area contributed by atoms with Gasteiger partial charge in [0, 0.05) is 15.7 Å². The largest absolute Gasteiger partial charge is 0.233 e. The monoisotopic (exact) mass is 330 g/mol. The van der Waals surface area contributed by atoms with Crippen molar-refractivity contribution >= 4 is 39.1 Å². The Morgan fingerprint density at radius 3 is 2.65 bits per heavy atom. The Hall–Kier alpha value is -0.640. The van der Waals surface area contributed by atoms with Gasteiger partial charge in [-0.3, -0.25) is 0 Å². The van der Waals surface area contributed by atoms with E-state index < -0.39 is 0 Å². The Labute approximate surface area is 118 Å². The van der Waals surface area contributed by atoms with Crippen molar-refractivity contribution in [3.63, 3.8) is 0 Å². The average Bonchev–Trinajstić information content (AvgIpc) is 2.31. The molecule has 0 bridgehead atoms. The van der Waals surface area contributed by atoms with E-state index in [-0.39, 0.29) is 0 Å². The molecule has 0 saturated carbocycles. The summed E-state index contributed by atoms with van der Waals surface area (Å²) in [5.41, 5.74) is 1.68. The minimum Gasteiger partial charge on any atom is -0.233 e. The Bertz CT molecular complexity index is 558. The Morgan fingerprint density at radius 2 is 1.94 bits per heavy atom. The van der Waals surface area contributed by atoms with Gasteiger partial charge in [0.1, 0.15) is 5.15 Å². The highest BCUT2D eigenvalue weighted by molar-refractivity contribution is 9.10. The van der Waals surface area contributed by atoms with Crippen LogP contribution >= 0.6 is 39.1 Å². The molecule has 1 heterocycles. The fourth-order valence-electron chi connectivity index (χ4n) is 1.43. The quantitative estimate of drug-likeness (QED) is 0.740. The van der Waals surface area contributed by atoms with Gasteiger partial charge in [-0.25, -0.2) is 9.97 Å². The first-order chi connectivity index (χ1) is 8.10. The molecule has 17 heavy (non-hydrogen) atoms. The van der Waals surface area contributed by atoms with Gasteiger partial charge in [-0.05, 0) is 30.7 Å². The maximum absolute atomic E-state index is 6.13. The number of rotatable bonds is 2. The third-order valence-corrected chi connectivity index (χ3v) is 3.30. The summed E-state index contributed by atoms with van der Waals surface area (Å²) in [6.07, 6.45) is 0.806. The molecule has 0 atom stereocenters. The van der Waals surface area contributed by atoms with Crippen LogP contribution in [0.4, 0.5) is 0 Å². The van der Waals surface area contributed by atoms with Gasteiger partial charge in [-0.2, -0.15) is 0 Å². The van der Waals surface area contributed by atoms with Crippen LogP contribution in [0.2, 0.25) is 10.2 Å². The predicted octanol–water partition coefficient (Wildman–Crippen LogP) is 4.78. The van der Waals surface area contributed by atoms with E-state index in [0.717, 1.165) is 22.2 Å². The van der Waals surface area contributed by atoms with Crippen molar-refractivity contribution < 1.29 is 0 Å². The molecule has 88 valence electrons. The van der Waals surface area contributed by atoms with E-state index in [9.17, 15) is 0 Å². The molecule has 1 aromatic heterocycles. The van der Waals surface area contributed by atoms with Crippen LogP contribution in [0.25, 0.3) is 11.4 Å². The van der Waals surface area contributed by atoms with Crippen molar-refractivity contribution in [3.05, 3.63) is 44.6 Å². The first-order valence-corrected chi connectivity index (χ1v) is 6.64. The SMILES string of the molecule is CCc1cc(Cl)nc(-c2cc(Br)ccc2Cl)n1.